The molecule has 0 spiro atoms. The van der Waals surface area contributed by atoms with Crippen molar-refractivity contribution in [2.75, 3.05) is 0 Å². The van der Waals surface area contributed by atoms with Crippen molar-refractivity contribution in [1.29, 1.82) is 0 Å². The van der Waals surface area contributed by atoms with Crippen LogP contribution in [0.2, 0.25) is 0 Å². The van der Waals surface area contributed by atoms with E-state index < -0.39 is 23.3 Å². The highest BCUT2D eigenvalue weighted by Gasteiger charge is 2.20. The number of halogens is 1. The first-order chi connectivity index (χ1) is 7.43. The number of carbonyl (C=O) groups excluding carboxylic acids is 1. The quantitative estimate of drug-likeness (QED) is 0.822. The molecule has 16 heavy (non-hydrogen) atoms. The highest BCUT2D eigenvalue weighted by atomic mass is 19.1. The lowest BCUT2D eigenvalue weighted by molar-refractivity contribution is 0.0689. The summed E-state index contributed by atoms with van der Waals surface area (Å²) >= 11 is 0. The van der Waals surface area contributed by atoms with Crippen molar-refractivity contribution in [2.24, 2.45) is 0 Å². The van der Waals surface area contributed by atoms with Crippen LogP contribution in [0.25, 0.3) is 0 Å². The molecule has 1 aromatic rings. The molecule has 0 saturated carbocycles. The van der Waals surface area contributed by atoms with Gasteiger partial charge < -0.3 is 10.4 Å². The largest absolute Gasteiger partial charge is 0.478 e. The average Bonchev–Trinajstić information content (AvgIpc) is 2.15. The number of rotatable bonds is 3. The van der Waals surface area contributed by atoms with Crippen LogP contribution in [0.15, 0.2) is 18.2 Å². The number of hydrogen-bond acceptors (Lipinski definition) is 2. The second kappa shape index (κ2) is 4.74. The van der Waals surface area contributed by atoms with Gasteiger partial charge in [-0.15, -0.1) is 0 Å². The standard InChI is InChI=1S/C11H12FNO3/c1-6(2)13-10(14)9-7(11(15)16)4-3-5-8(9)12/h3-6H,1-2H3,(H,13,14)(H,15,16). The van der Waals surface area contributed by atoms with Crippen molar-refractivity contribution >= 4 is 11.9 Å². The van der Waals surface area contributed by atoms with Gasteiger partial charge in [0.05, 0.1) is 11.1 Å². The van der Waals surface area contributed by atoms with Crippen molar-refractivity contribution in [3.63, 3.8) is 0 Å². The van der Waals surface area contributed by atoms with Gasteiger partial charge in [-0.2, -0.15) is 0 Å². The molecule has 1 rings (SSSR count). The molecule has 86 valence electrons. The molecule has 5 heteroatoms. The van der Waals surface area contributed by atoms with Gasteiger partial charge in [0.15, 0.2) is 0 Å². The van der Waals surface area contributed by atoms with Gasteiger partial charge in [-0.1, -0.05) is 6.07 Å². The summed E-state index contributed by atoms with van der Waals surface area (Å²) in [4.78, 5) is 22.4. The Morgan fingerprint density at radius 1 is 1.38 bits per heavy atom. The first-order valence-corrected chi connectivity index (χ1v) is 4.76. The second-order valence-electron chi connectivity index (χ2n) is 3.60. The molecule has 1 amide bonds. The van der Waals surface area contributed by atoms with Gasteiger partial charge in [0, 0.05) is 6.04 Å². The maximum absolute atomic E-state index is 13.4. The topological polar surface area (TPSA) is 66.4 Å². The lowest BCUT2D eigenvalue weighted by Gasteiger charge is -2.10. The fourth-order valence-electron chi connectivity index (χ4n) is 1.27. The van der Waals surface area contributed by atoms with Crippen LogP contribution in [-0.2, 0) is 0 Å². The third-order valence-corrected chi connectivity index (χ3v) is 1.89. The summed E-state index contributed by atoms with van der Waals surface area (Å²) in [6.07, 6.45) is 0. The summed E-state index contributed by atoms with van der Waals surface area (Å²) in [6, 6.07) is 3.32. The Balaban J connectivity index is 3.20. The number of carbonyl (C=O) groups is 2. The third kappa shape index (κ3) is 2.56. The number of carboxylic acid groups (broad SMARTS) is 1. The molecule has 4 nitrogen and oxygen atoms in total. The zero-order valence-electron chi connectivity index (χ0n) is 8.95. The minimum absolute atomic E-state index is 0.186. The van der Waals surface area contributed by atoms with Crippen molar-refractivity contribution in [2.45, 2.75) is 19.9 Å². The molecule has 0 fully saturated rings. The molecule has 0 unspecified atom stereocenters. The molecular formula is C11H12FNO3. The monoisotopic (exact) mass is 225 g/mol. The van der Waals surface area contributed by atoms with Gasteiger partial charge in [0.25, 0.3) is 5.91 Å². The number of benzene rings is 1. The van der Waals surface area contributed by atoms with Crippen LogP contribution in [0.5, 0.6) is 0 Å². The maximum Gasteiger partial charge on any atom is 0.336 e. The van der Waals surface area contributed by atoms with E-state index in [4.69, 9.17) is 5.11 Å². The fraction of sp³-hybridized carbons (Fsp3) is 0.273. The zero-order valence-corrected chi connectivity index (χ0v) is 8.95. The number of nitrogens with one attached hydrogen (secondary N) is 1. The van der Waals surface area contributed by atoms with E-state index >= 15 is 0 Å². The summed E-state index contributed by atoms with van der Waals surface area (Å²) in [6.45, 7) is 3.42. The van der Waals surface area contributed by atoms with Crippen LogP contribution in [-0.4, -0.2) is 23.0 Å². The number of hydrogen-bond donors (Lipinski definition) is 2. The highest BCUT2D eigenvalue weighted by Crippen LogP contribution is 2.13. The lowest BCUT2D eigenvalue weighted by Crippen LogP contribution is -2.32. The van der Waals surface area contributed by atoms with E-state index in [1.165, 1.54) is 12.1 Å². The van der Waals surface area contributed by atoms with E-state index in [1.54, 1.807) is 13.8 Å². The molecule has 0 radical (unpaired) electrons. The Morgan fingerprint density at radius 3 is 2.50 bits per heavy atom. The predicted molar refractivity (Wildman–Crippen MR) is 56.0 cm³/mol. The Morgan fingerprint density at radius 2 is 2.00 bits per heavy atom. The van der Waals surface area contributed by atoms with Crippen molar-refractivity contribution in [3.05, 3.63) is 35.1 Å². The van der Waals surface area contributed by atoms with Gasteiger partial charge in [0.1, 0.15) is 5.82 Å². The van der Waals surface area contributed by atoms with Crippen LogP contribution >= 0.6 is 0 Å². The molecule has 0 aliphatic heterocycles. The van der Waals surface area contributed by atoms with Crippen molar-refractivity contribution < 1.29 is 19.1 Å². The third-order valence-electron chi connectivity index (χ3n) is 1.89. The average molecular weight is 225 g/mol. The van der Waals surface area contributed by atoms with Crippen LogP contribution in [0.1, 0.15) is 34.6 Å². The number of carboxylic acids is 1. The van der Waals surface area contributed by atoms with E-state index in [0.29, 0.717) is 0 Å². The highest BCUT2D eigenvalue weighted by molar-refractivity contribution is 6.05. The van der Waals surface area contributed by atoms with Crippen LogP contribution in [0.4, 0.5) is 4.39 Å². The zero-order chi connectivity index (χ0) is 12.3. The van der Waals surface area contributed by atoms with E-state index in [-0.39, 0.29) is 11.6 Å². The summed E-state index contributed by atoms with van der Waals surface area (Å²) in [7, 11) is 0. The van der Waals surface area contributed by atoms with E-state index in [0.717, 1.165) is 6.07 Å². The van der Waals surface area contributed by atoms with Crippen molar-refractivity contribution in [3.8, 4) is 0 Å². The predicted octanol–water partition coefficient (Wildman–Crippen LogP) is 1.66. The minimum Gasteiger partial charge on any atom is -0.478 e. The summed E-state index contributed by atoms with van der Waals surface area (Å²) in [5, 5.41) is 11.3. The van der Waals surface area contributed by atoms with Crippen LogP contribution in [0, 0.1) is 5.82 Å². The fourth-order valence-corrected chi connectivity index (χ4v) is 1.27. The van der Waals surface area contributed by atoms with Crippen LogP contribution in [0.3, 0.4) is 0 Å². The molecule has 0 aliphatic rings. The van der Waals surface area contributed by atoms with Gasteiger partial charge in [-0.05, 0) is 26.0 Å². The Labute approximate surface area is 92.1 Å². The second-order valence-corrected chi connectivity index (χ2v) is 3.60. The van der Waals surface area contributed by atoms with Crippen LogP contribution < -0.4 is 5.32 Å². The molecule has 0 aromatic heterocycles. The molecule has 2 N–H and O–H groups in total. The Hall–Kier alpha value is -1.91. The first kappa shape index (κ1) is 12.2. The Bertz CT molecular complexity index is 429. The SMILES string of the molecule is CC(C)NC(=O)c1c(F)cccc1C(=O)O. The summed E-state index contributed by atoms with van der Waals surface area (Å²) < 4.78 is 13.4. The number of aromatic carboxylic acids is 1. The molecule has 0 heterocycles. The van der Waals surface area contributed by atoms with E-state index in [1.807, 2.05) is 0 Å². The number of amides is 1. The first-order valence-electron chi connectivity index (χ1n) is 4.76. The molecule has 0 atom stereocenters. The lowest BCUT2D eigenvalue weighted by atomic mass is 10.1. The summed E-state index contributed by atoms with van der Waals surface area (Å²) in [5.74, 6) is -2.88. The van der Waals surface area contributed by atoms with Gasteiger partial charge in [0.2, 0.25) is 0 Å². The molecule has 0 bridgehead atoms. The maximum atomic E-state index is 13.4. The molecule has 0 aliphatic carbocycles. The molecular weight excluding hydrogens is 213 g/mol. The summed E-state index contributed by atoms with van der Waals surface area (Å²) in [5.41, 5.74) is -0.762. The van der Waals surface area contributed by atoms with Gasteiger partial charge >= 0.3 is 5.97 Å². The minimum atomic E-state index is -1.33. The Kier molecular flexibility index (Phi) is 3.60. The van der Waals surface area contributed by atoms with E-state index in [9.17, 15) is 14.0 Å². The smallest absolute Gasteiger partial charge is 0.336 e. The van der Waals surface area contributed by atoms with E-state index in [2.05, 4.69) is 5.32 Å². The van der Waals surface area contributed by atoms with Gasteiger partial charge in [-0.3, -0.25) is 4.79 Å². The molecule has 1 aromatic carbocycles. The molecule has 0 saturated heterocycles. The normalized spacial score (nSPS) is 10.2. The van der Waals surface area contributed by atoms with Crippen molar-refractivity contribution in [1.82, 2.24) is 5.32 Å². The van der Waals surface area contributed by atoms with Gasteiger partial charge in [-0.25, -0.2) is 9.18 Å².